The van der Waals surface area contributed by atoms with E-state index < -0.39 is 5.82 Å². The number of aromatic nitrogens is 4. The van der Waals surface area contributed by atoms with E-state index in [0.717, 1.165) is 10.8 Å². The number of rotatable bonds is 2. The van der Waals surface area contributed by atoms with Crippen LogP contribution < -0.4 is 0 Å². The van der Waals surface area contributed by atoms with Gasteiger partial charge in [0.2, 0.25) is 0 Å². The highest BCUT2D eigenvalue weighted by Gasteiger charge is 2.27. The molecular weight excluding hydrogens is 365 g/mol. The van der Waals surface area contributed by atoms with Crippen LogP contribution in [0.4, 0.5) is 4.39 Å². The molecule has 0 radical (unpaired) electrons. The quantitative estimate of drug-likeness (QED) is 0.688. The van der Waals surface area contributed by atoms with Gasteiger partial charge in [0, 0.05) is 30.2 Å². The van der Waals surface area contributed by atoms with Gasteiger partial charge in [-0.1, -0.05) is 11.6 Å². The van der Waals surface area contributed by atoms with Gasteiger partial charge in [0.15, 0.2) is 16.7 Å². The number of hydrogen-bond acceptors (Lipinski definition) is 5. The standard InChI is InChI=1S/C16H13ClFN5OS/c1-9-10(2-3-11(18)13(9)17)16(24)22-5-6-23-12(8-22)20-21-14(23)15-19-4-7-25-15/h2-4,7H,5-6,8H2,1H3. The van der Waals surface area contributed by atoms with Crippen LogP contribution in [0.3, 0.4) is 0 Å². The van der Waals surface area contributed by atoms with E-state index >= 15 is 0 Å². The van der Waals surface area contributed by atoms with E-state index in [4.69, 9.17) is 11.6 Å². The molecule has 2 aromatic heterocycles. The van der Waals surface area contributed by atoms with Gasteiger partial charge in [-0.05, 0) is 24.6 Å². The predicted octanol–water partition coefficient (Wildman–Crippen LogP) is 3.16. The fourth-order valence-corrected chi connectivity index (χ4v) is 3.67. The van der Waals surface area contributed by atoms with Crippen molar-refractivity contribution >= 4 is 28.8 Å². The normalized spacial score (nSPS) is 13.8. The number of hydrogen-bond donors (Lipinski definition) is 0. The lowest BCUT2D eigenvalue weighted by Crippen LogP contribution is -2.38. The van der Waals surface area contributed by atoms with Crippen LogP contribution in [0, 0.1) is 12.7 Å². The lowest BCUT2D eigenvalue weighted by Gasteiger charge is -2.28. The summed E-state index contributed by atoms with van der Waals surface area (Å²) in [5.41, 5.74) is 0.849. The Bertz CT molecular complexity index is 956. The first kappa shape index (κ1) is 16.2. The van der Waals surface area contributed by atoms with Crippen molar-refractivity contribution in [2.75, 3.05) is 6.54 Å². The van der Waals surface area contributed by atoms with Gasteiger partial charge < -0.3 is 9.47 Å². The number of benzene rings is 1. The van der Waals surface area contributed by atoms with Crippen molar-refractivity contribution in [1.29, 1.82) is 0 Å². The Labute approximate surface area is 151 Å². The van der Waals surface area contributed by atoms with Gasteiger partial charge in [-0.25, -0.2) is 9.37 Å². The molecule has 128 valence electrons. The van der Waals surface area contributed by atoms with Crippen LogP contribution in [-0.2, 0) is 13.1 Å². The molecule has 0 saturated heterocycles. The summed E-state index contributed by atoms with van der Waals surface area (Å²) in [6.07, 6.45) is 1.72. The third-order valence-corrected chi connectivity index (χ3v) is 5.47. The van der Waals surface area contributed by atoms with Crippen LogP contribution in [-0.4, -0.2) is 37.1 Å². The summed E-state index contributed by atoms with van der Waals surface area (Å²) in [5.74, 6) is 0.709. The Kier molecular flexibility index (Phi) is 4.01. The summed E-state index contributed by atoms with van der Waals surface area (Å²) in [7, 11) is 0. The average molecular weight is 378 g/mol. The van der Waals surface area contributed by atoms with E-state index in [-0.39, 0.29) is 10.9 Å². The molecule has 1 aliphatic rings. The van der Waals surface area contributed by atoms with Crippen molar-refractivity contribution in [3.63, 3.8) is 0 Å². The smallest absolute Gasteiger partial charge is 0.254 e. The van der Waals surface area contributed by atoms with E-state index in [1.165, 1.54) is 23.5 Å². The average Bonchev–Trinajstić information content (AvgIpc) is 3.27. The Morgan fingerprint density at radius 3 is 2.92 bits per heavy atom. The first-order valence-corrected chi connectivity index (χ1v) is 8.88. The molecule has 0 unspecified atom stereocenters. The van der Waals surface area contributed by atoms with E-state index in [2.05, 4.69) is 15.2 Å². The van der Waals surface area contributed by atoms with Crippen molar-refractivity contribution in [2.24, 2.45) is 0 Å². The number of carbonyl (C=O) groups excluding carboxylic acids is 1. The lowest BCUT2D eigenvalue weighted by molar-refractivity contribution is 0.0707. The van der Waals surface area contributed by atoms with E-state index in [1.54, 1.807) is 18.0 Å². The second kappa shape index (κ2) is 6.20. The second-order valence-electron chi connectivity index (χ2n) is 5.69. The van der Waals surface area contributed by atoms with Crippen molar-refractivity contribution in [1.82, 2.24) is 24.6 Å². The van der Waals surface area contributed by atoms with Gasteiger partial charge in [-0.15, -0.1) is 21.5 Å². The van der Waals surface area contributed by atoms with Gasteiger partial charge >= 0.3 is 0 Å². The van der Waals surface area contributed by atoms with Crippen LogP contribution in [0.5, 0.6) is 0 Å². The third-order valence-electron chi connectivity index (χ3n) is 4.23. The zero-order valence-corrected chi connectivity index (χ0v) is 14.8. The van der Waals surface area contributed by atoms with Gasteiger partial charge in [0.05, 0.1) is 11.6 Å². The second-order valence-corrected chi connectivity index (χ2v) is 6.96. The van der Waals surface area contributed by atoms with Crippen LogP contribution in [0.2, 0.25) is 5.02 Å². The number of fused-ring (bicyclic) bond motifs is 1. The molecule has 0 fully saturated rings. The largest absolute Gasteiger partial charge is 0.329 e. The first-order valence-electron chi connectivity index (χ1n) is 7.62. The third kappa shape index (κ3) is 2.71. The molecule has 1 aliphatic heterocycles. The Balaban J connectivity index is 1.61. The molecule has 1 amide bonds. The van der Waals surface area contributed by atoms with Crippen molar-refractivity contribution in [3.8, 4) is 10.8 Å². The van der Waals surface area contributed by atoms with Crippen molar-refractivity contribution in [3.05, 3.63) is 51.5 Å². The Morgan fingerprint density at radius 1 is 1.32 bits per heavy atom. The molecule has 6 nitrogen and oxygen atoms in total. The SMILES string of the molecule is Cc1c(C(=O)N2CCn3c(nnc3-c3nccs3)C2)ccc(F)c1Cl. The first-order chi connectivity index (χ1) is 12.1. The zero-order valence-electron chi connectivity index (χ0n) is 13.2. The maximum atomic E-state index is 13.5. The maximum Gasteiger partial charge on any atom is 0.254 e. The maximum absolute atomic E-state index is 13.5. The van der Waals surface area contributed by atoms with Crippen LogP contribution in [0.15, 0.2) is 23.7 Å². The zero-order chi connectivity index (χ0) is 17.6. The summed E-state index contributed by atoms with van der Waals surface area (Å²) in [6.45, 7) is 3.07. The Hall–Kier alpha value is -2.32. The minimum Gasteiger partial charge on any atom is -0.329 e. The number of nitrogens with zero attached hydrogens (tertiary/aromatic N) is 5. The molecule has 0 atom stereocenters. The summed E-state index contributed by atoms with van der Waals surface area (Å²) in [4.78, 5) is 18.7. The molecule has 3 heterocycles. The van der Waals surface area contributed by atoms with Crippen LogP contribution >= 0.6 is 22.9 Å². The molecule has 9 heteroatoms. The fraction of sp³-hybridized carbons (Fsp3) is 0.250. The van der Waals surface area contributed by atoms with E-state index in [1.807, 2.05) is 9.95 Å². The lowest BCUT2D eigenvalue weighted by atomic mass is 10.1. The number of carbonyl (C=O) groups is 1. The minimum absolute atomic E-state index is 0.0166. The predicted molar refractivity (Wildman–Crippen MR) is 92.0 cm³/mol. The molecule has 0 bridgehead atoms. The highest BCUT2D eigenvalue weighted by Crippen LogP contribution is 2.27. The molecule has 1 aromatic carbocycles. The number of thiazole rings is 1. The van der Waals surface area contributed by atoms with Gasteiger partial charge in [0.1, 0.15) is 5.82 Å². The molecule has 0 N–H and O–H groups in total. The van der Waals surface area contributed by atoms with Gasteiger partial charge in [-0.3, -0.25) is 4.79 Å². The highest BCUT2D eigenvalue weighted by atomic mass is 35.5. The Morgan fingerprint density at radius 2 is 2.16 bits per heavy atom. The molecule has 0 saturated carbocycles. The fourth-order valence-electron chi connectivity index (χ4n) is 2.88. The summed E-state index contributed by atoms with van der Waals surface area (Å²) in [5, 5.41) is 11.1. The van der Waals surface area contributed by atoms with Gasteiger partial charge in [0.25, 0.3) is 5.91 Å². The van der Waals surface area contributed by atoms with E-state index in [0.29, 0.717) is 36.6 Å². The minimum atomic E-state index is -0.526. The summed E-state index contributed by atoms with van der Waals surface area (Å²) in [6, 6.07) is 2.69. The highest BCUT2D eigenvalue weighted by molar-refractivity contribution is 7.13. The summed E-state index contributed by atoms with van der Waals surface area (Å²) < 4.78 is 15.5. The molecule has 0 spiro atoms. The van der Waals surface area contributed by atoms with Crippen molar-refractivity contribution < 1.29 is 9.18 Å². The molecule has 0 aliphatic carbocycles. The number of amides is 1. The molecular formula is C16H13ClFN5OS. The molecule has 25 heavy (non-hydrogen) atoms. The monoisotopic (exact) mass is 377 g/mol. The summed E-state index contributed by atoms with van der Waals surface area (Å²) >= 11 is 7.43. The molecule has 4 rings (SSSR count). The van der Waals surface area contributed by atoms with E-state index in [9.17, 15) is 9.18 Å². The van der Waals surface area contributed by atoms with Crippen molar-refractivity contribution in [2.45, 2.75) is 20.0 Å². The topological polar surface area (TPSA) is 63.9 Å². The van der Waals surface area contributed by atoms with Gasteiger partial charge in [-0.2, -0.15) is 0 Å². The van der Waals surface area contributed by atoms with Crippen LogP contribution in [0.25, 0.3) is 10.8 Å². The molecule has 3 aromatic rings. The number of halogens is 2. The van der Waals surface area contributed by atoms with Crippen LogP contribution in [0.1, 0.15) is 21.7 Å².